The Bertz CT molecular complexity index is 197. The molecule has 1 nitrogen and oxygen atoms in total. The topological polar surface area (TPSA) is 12.9 Å². The minimum Gasteiger partial charge on any atom is -0.227 e. The Kier molecular flexibility index (Phi) is 2.68. The van der Waals surface area contributed by atoms with Gasteiger partial charge in [0.1, 0.15) is 0 Å². The van der Waals surface area contributed by atoms with E-state index < -0.39 is 5.95 Å². The molecule has 0 amide bonds. The summed E-state index contributed by atoms with van der Waals surface area (Å²) in [4.78, 5) is 4.53. The van der Waals surface area contributed by atoms with E-state index in [9.17, 15) is 4.39 Å². The average molecular weight is 157 g/mol. The largest absolute Gasteiger partial charge is 0.227 e. The number of pyridine rings is 1. The fraction of sp³-hybridized carbons (Fsp3) is 0.286. The molecule has 1 heterocycles. The molecule has 0 unspecified atom stereocenters. The highest BCUT2D eigenvalue weighted by Gasteiger charge is 1.91. The van der Waals surface area contributed by atoms with E-state index in [0.717, 1.165) is 10.6 Å². The summed E-state index contributed by atoms with van der Waals surface area (Å²) in [5.74, 6) is 0.577. The van der Waals surface area contributed by atoms with Crippen LogP contribution in [-0.4, -0.2) is 10.7 Å². The average Bonchev–Trinajstić information content (AvgIpc) is 1.95. The van der Waals surface area contributed by atoms with E-state index in [1.165, 1.54) is 6.07 Å². The number of thioether (sulfide) groups is 1. The van der Waals surface area contributed by atoms with Gasteiger partial charge in [0.15, 0.2) is 0 Å². The van der Waals surface area contributed by atoms with E-state index in [-0.39, 0.29) is 0 Å². The molecule has 0 atom stereocenters. The molecule has 0 bridgehead atoms. The van der Waals surface area contributed by atoms with Gasteiger partial charge in [0, 0.05) is 11.1 Å². The second kappa shape index (κ2) is 3.56. The number of aromatic nitrogens is 1. The van der Waals surface area contributed by atoms with Crippen molar-refractivity contribution in [3.05, 3.63) is 24.3 Å². The number of halogens is 1. The molecule has 0 aromatic carbocycles. The first-order chi connectivity index (χ1) is 4.83. The first-order valence-electron chi connectivity index (χ1n) is 3.07. The van der Waals surface area contributed by atoms with Gasteiger partial charge < -0.3 is 0 Å². The molecular formula is C7H8FNS. The lowest BCUT2D eigenvalue weighted by Gasteiger charge is -1.94. The molecular weight excluding hydrogens is 149 g/mol. The van der Waals surface area contributed by atoms with Crippen molar-refractivity contribution in [2.24, 2.45) is 0 Å². The quantitative estimate of drug-likeness (QED) is 0.482. The molecule has 0 radical (unpaired) electrons. The maximum absolute atomic E-state index is 12.2. The van der Waals surface area contributed by atoms with Crippen LogP contribution in [0.15, 0.2) is 23.2 Å². The van der Waals surface area contributed by atoms with Crippen molar-refractivity contribution >= 4 is 11.8 Å². The van der Waals surface area contributed by atoms with Gasteiger partial charge in [0.2, 0.25) is 5.95 Å². The normalized spacial score (nSPS) is 9.80. The third-order valence-electron chi connectivity index (χ3n) is 1.01. The van der Waals surface area contributed by atoms with Crippen LogP contribution in [0.2, 0.25) is 0 Å². The van der Waals surface area contributed by atoms with Crippen LogP contribution >= 0.6 is 11.8 Å². The summed E-state index contributed by atoms with van der Waals surface area (Å²) in [6, 6.07) is 3.11. The molecule has 54 valence electrons. The monoisotopic (exact) mass is 157 g/mol. The Balaban J connectivity index is 2.69. The van der Waals surface area contributed by atoms with Crippen LogP contribution in [0.1, 0.15) is 6.92 Å². The summed E-state index contributed by atoms with van der Waals surface area (Å²) in [7, 11) is 0. The van der Waals surface area contributed by atoms with Gasteiger partial charge in [-0.15, -0.1) is 11.8 Å². The first-order valence-corrected chi connectivity index (χ1v) is 4.06. The summed E-state index contributed by atoms with van der Waals surface area (Å²) in [6.07, 6.45) is 1.55. The summed E-state index contributed by atoms with van der Waals surface area (Å²) >= 11 is 1.65. The van der Waals surface area contributed by atoms with Crippen LogP contribution in [0.3, 0.4) is 0 Å². The second-order valence-electron chi connectivity index (χ2n) is 1.75. The summed E-state index contributed by atoms with van der Waals surface area (Å²) in [5.41, 5.74) is 0. The Morgan fingerprint density at radius 3 is 2.90 bits per heavy atom. The van der Waals surface area contributed by atoms with Gasteiger partial charge in [-0.1, -0.05) is 6.92 Å². The van der Waals surface area contributed by atoms with Crippen LogP contribution in [-0.2, 0) is 0 Å². The van der Waals surface area contributed by atoms with Crippen molar-refractivity contribution in [2.75, 3.05) is 5.75 Å². The Labute approximate surface area is 63.7 Å². The van der Waals surface area contributed by atoms with Crippen LogP contribution in [0, 0.1) is 5.95 Å². The summed E-state index contributed by atoms with van der Waals surface area (Å²) in [5, 5.41) is 0. The lowest BCUT2D eigenvalue weighted by atomic mass is 10.5. The number of rotatable bonds is 2. The van der Waals surface area contributed by atoms with Gasteiger partial charge >= 0.3 is 0 Å². The molecule has 1 aromatic rings. The van der Waals surface area contributed by atoms with Gasteiger partial charge in [-0.2, -0.15) is 4.39 Å². The van der Waals surface area contributed by atoms with Crippen molar-refractivity contribution in [3.8, 4) is 0 Å². The first kappa shape index (κ1) is 7.54. The minimum atomic E-state index is -0.416. The third-order valence-corrected chi connectivity index (χ3v) is 1.87. The molecule has 1 rings (SSSR count). The van der Waals surface area contributed by atoms with Crippen molar-refractivity contribution in [3.63, 3.8) is 0 Å². The second-order valence-corrected chi connectivity index (χ2v) is 3.09. The highest BCUT2D eigenvalue weighted by atomic mass is 32.2. The van der Waals surface area contributed by atoms with E-state index in [2.05, 4.69) is 4.98 Å². The molecule has 0 aliphatic heterocycles. The van der Waals surface area contributed by atoms with Crippen molar-refractivity contribution in [2.45, 2.75) is 11.8 Å². The summed E-state index contributed by atoms with van der Waals surface area (Å²) < 4.78 is 12.2. The maximum atomic E-state index is 12.2. The van der Waals surface area contributed by atoms with Crippen LogP contribution < -0.4 is 0 Å². The molecule has 0 saturated carbocycles. The molecule has 0 aliphatic rings. The maximum Gasteiger partial charge on any atom is 0.212 e. The number of nitrogens with zero attached hydrogens (tertiary/aromatic N) is 1. The van der Waals surface area contributed by atoms with Gasteiger partial charge in [-0.05, 0) is 17.9 Å². The predicted octanol–water partition coefficient (Wildman–Crippen LogP) is 2.33. The molecule has 10 heavy (non-hydrogen) atoms. The van der Waals surface area contributed by atoms with Gasteiger partial charge in [0.05, 0.1) is 0 Å². The zero-order chi connectivity index (χ0) is 7.40. The number of hydrogen-bond donors (Lipinski definition) is 0. The fourth-order valence-corrected chi connectivity index (χ4v) is 1.24. The molecule has 3 heteroatoms. The highest BCUT2D eigenvalue weighted by Crippen LogP contribution is 2.15. The Morgan fingerprint density at radius 1 is 1.60 bits per heavy atom. The predicted molar refractivity (Wildman–Crippen MR) is 40.6 cm³/mol. The van der Waals surface area contributed by atoms with Crippen LogP contribution in [0.4, 0.5) is 4.39 Å². The molecule has 0 aliphatic carbocycles. The molecule has 0 fully saturated rings. The van der Waals surface area contributed by atoms with Gasteiger partial charge in [0.25, 0.3) is 0 Å². The van der Waals surface area contributed by atoms with Crippen molar-refractivity contribution < 1.29 is 4.39 Å². The van der Waals surface area contributed by atoms with E-state index in [1.807, 2.05) is 6.92 Å². The van der Waals surface area contributed by atoms with Crippen molar-refractivity contribution in [1.82, 2.24) is 4.98 Å². The van der Waals surface area contributed by atoms with E-state index in [1.54, 1.807) is 24.0 Å². The highest BCUT2D eigenvalue weighted by molar-refractivity contribution is 7.99. The Hall–Kier alpha value is -0.570. The summed E-state index contributed by atoms with van der Waals surface area (Å²) in [6.45, 7) is 2.05. The molecule has 0 saturated heterocycles. The number of hydrogen-bond acceptors (Lipinski definition) is 2. The fourth-order valence-electron chi connectivity index (χ4n) is 0.614. The van der Waals surface area contributed by atoms with E-state index >= 15 is 0 Å². The molecule has 0 N–H and O–H groups in total. The zero-order valence-electron chi connectivity index (χ0n) is 5.67. The van der Waals surface area contributed by atoms with Gasteiger partial charge in [-0.25, -0.2) is 4.98 Å². The van der Waals surface area contributed by atoms with Crippen molar-refractivity contribution in [1.29, 1.82) is 0 Å². The lowest BCUT2D eigenvalue weighted by Crippen LogP contribution is -1.80. The Morgan fingerprint density at radius 2 is 2.40 bits per heavy atom. The van der Waals surface area contributed by atoms with Crippen LogP contribution in [0.25, 0.3) is 0 Å². The van der Waals surface area contributed by atoms with Gasteiger partial charge in [-0.3, -0.25) is 0 Å². The SMILES string of the molecule is CCSc1ccc(F)nc1. The minimum absolute atomic E-state index is 0.416. The molecule has 0 spiro atoms. The lowest BCUT2D eigenvalue weighted by molar-refractivity contribution is 0.581. The smallest absolute Gasteiger partial charge is 0.212 e. The zero-order valence-corrected chi connectivity index (χ0v) is 6.49. The van der Waals surface area contributed by atoms with E-state index in [4.69, 9.17) is 0 Å². The third kappa shape index (κ3) is 1.99. The van der Waals surface area contributed by atoms with E-state index in [0.29, 0.717) is 0 Å². The standard InChI is InChI=1S/C7H8FNS/c1-2-10-6-3-4-7(8)9-5-6/h3-5H,2H2,1H3. The molecule has 1 aromatic heterocycles. The van der Waals surface area contributed by atoms with Crippen LogP contribution in [0.5, 0.6) is 0 Å².